The second-order valence-corrected chi connectivity index (χ2v) is 5.76. The average Bonchev–Trinajstić information content (AvgIpc) is 2.54. The number of nitrogens with two attached hydrogens (primary N) is 1. The van der Waals surface area contributed by atoms with E-state index in [0.29, 0.717) is 19.6 Å². The third-order valence-corrected chi connectivity index (χ3v) is 4.24. The van der Waals surface area contributed by atoms with Gasteiger partial charge in [0.05, 0.1) is 5.92 Å². The summed E-state index contributed by atoms with van der Waals surface area (Å²) in [7, 11) is 0. The van der Waals surface area contributed by atoms with Gasteiger partial charge in [0, 0.05) is 25.7 Å². The second-order valence-electron chi connectivity index (χ2n) is 5.76. The van der Waals surface area contributed by atoms with Gasteiger partial charge in [-0.25, -0.2) is 8.78 Å². The van der Waals surface area contributed by atoms with E-state index in [4.69, 9.17) is 5.73 Å². The van der Waals surface area contributed by atoms with E-state index in [9.17, 15) is 13.6 Å². The van der Waals surface area contributed by atoms with Gasteiger partial charge >= 0.3 is 0 Å². The first-order valence-corrected chi connectivity index (χ1v) is 7.69. The molecule has 1 aromatic carbocycles. The number of likely N-dealkylation sites (tertiary alicyclic amines) is 1. The van der Waals surface area contributed by atoms with Crippen molar-refractivity contribution in [3.05, 3.63) is 35.4 Å². The van der Waals surface area contributed by atoms with Crippen LogP contribution in [0.2, 0.25) is 0 Å². The zero-order chi connectivity index (χ0) is 16.1. The molecule has 0 bridgehead atoms. The molecule has 1 fully saturated rings. The minimum absolute atomic E-state index is 0. The maximum absolute atomic E-state index is 13.4. The smallest absolute Gasteiger partial charge is 0.224 e. The Balaban J connectivity index is 0.00000264. The van der Waals surface area contributed by atoms with Crippen LogP contribution in [0.25, 0.3) is 0 Å². The molecular weight excluding hydrogens is 324 g/mol. The van der Waals surface area contributed by atoms with Gasteiger partial charge in [0.1, 0.15) is 0 Å². The van der Waals surface area contributed by atoms with Gasteiger partial charge in [0.2, 0.25) is 5.91 Å². The van der Waals surface area contributed by atoms with Crippen molar-refractivity contribution in [3.63, 3.8) is 0 Å². The lowest BCUT2D eigenvalue weighted by Gasteiger charge is -2.36. The predicted molar refractivity (Wildman–Crippen MR) is 88.4 cm³/mol. The van der Waals surface area contributed by atoms with E-state index >= 15 is 0 Å². The van der Waals surface area contributed by atoms with E-state index in [1.165, 1.54) is 6.07 Å². The largest absolute Gasteiger partial charge is 0.355 e. The molecule has 4 nitrogen and oxygen atoms in total. The Labute approximate surface area is 141 Å². The van der Waals surface area contributed by atoms with Crippen molar-refractivity contribution in [3.8, 4) is 0 Å². The third kappa shape index (κ3) is 5.12. The number of carbonyl (C=O) groups is 1. The van der Waals surface area contributed by atoms with E-state index in [0.717, 1.165) is 31.0 Å². The maximum atomic E-state index is 13.4. The number of carbonyl (C=O) groups excluding carboxylic acids is 1. The van der Waals surface area contributed by atoms with Crippen molar-refractivity contribution in [2.75, 3.05) is 26.2 Å². The lowest BCUT2D eigenvalue weighted by atomic mass is 9.94. The van der Waals surface area contributed by atoms with Crippen LogP contribution in [0.3, 0.4) is 0 Å². The van der Waals surface area contributed by atoms with Gasteiger partial charge in [0.15, 0.2) is 11.6 Å². The van der Waals surface area contributed by atoms with Crippen molar-refractivity contribution in [1.82, 2.24) is 10.2 Å². The second kappa shape index (κ2) is 9.15. The number of nitrogens with one attached hydrogen (secondary N) is 1. The molecule has 130 valence electrons. The average molecular weight is 348 g/mol. The molecule has 1 aromatic rings. The number of nitrogens with zero attached hydrogens (tertiary/aromatic N) is 1. The quantitative estimate of drug-likeness (QED) is 0.858. The normalized spacial score (nSPS) is 19.7. The Morgan fingerprint density at radius 2 is 2.17 bits per heavy atom. The van der Waals surface area contributed by atoms with E-state index in [1.807, 2.05) is 6.92 Å². The van der Waals surface area contributed by atoms with Crippen LogP contribution in [0.4, 0.5) is 8.78 Å². The van der Waals surface area contributed by atoms with Gasteiger partial charge in [-0.1, -0.05) is 6.07 Å². The zero-order valence-electron chi connectivity index (χ0n) is 13.2. The number of hydrogen-bond donors (Lipinski definition) is 2. The van der Waals surface area contributed by atoms with Crippen LogP contribution in [0, 0.1) is 17.6 Å². The minimum Gasteiger partial charge on any atom is -0.355 e. The fourth-order valence-corrected chi connectivity index (χ4v) is 2.89. The van der Waals surface area contributed by atoms with Crippen LogP contribution in [-0.4, -0.2) is 37.0 Å². The minimum atomic E-state index is -0.839. The number of rotatable bonds is 5. The molecule has 0 aromatic heterocycles. The zero-order valence-corrected chi connectivity index (χ0v) is 14.0. The van der Waals surface area contributed by atoms with Crippen molar-refractivity contribution in [2.24, 2.45) is 11.7 Å². The van der Waals surface area contributed by atoms with Gasteiger partial charge in [0.25, 0.3) is 0 Å². The highest BCUT2D eigenvalue weighted by molar-refractivity contribution is 5.85. The standard InChI is InChI=1S/C16H23F2N3O.ClH/c1-11(12-4-5-14(17)15(18)9-12)21-8-2-3-13(10-21)16(22)20-7-6-19;/h4-5,9,11,13H,2-3,6-8,10,19H2,1H3,(H,20,22);1H. The molecule has 1 amide bonds. The molecule has 2 rings (SSSR count). The van der Waals surface area contributed by atoms with Crippen molar-refractivity contribution >= 4 is 18.3 Å². The van der Waals surface area contributed by atoms with E-state index in [1.54, 1.807) is 6.07 Å². The Bertz CT molecular complexity index is 530. The summed E-state index contributed by atoms with van der Waals surface area (Å²) in [5, 5.41) is 2.82. The van der Waals surface area contributed by atoms with Gasteiger partial charge in [-0.3, -0.25) is 9.69 Å². The van der Waals surface area contributed by atoms with Gasteiger partial charge in [-0.2, -0.15) is 0 Å². The molecule has 0 spiro atoms. The summed E-state index contributed by atoms with van der Waals surface area (Å²) in [4.78, 5) is 14.2. The Morgan fingerprint density at radius 1 is 1.43 bits per heavy atom. The molecule has 0 radical (unpaired) electrons. The van der Waals surface area contributed by atoms with Crippen LogP contribution in [0.15, 0.2) is 18.2 Å². The topological polar surface area (TPSA) is 58.4 Å². The highest BCUT2D eigenvalue weighted by Gasteiger charge is 2.28. The van der Waals surface area contributed by atoms with Gasteiger partial charge in [-0.15, -0.1) is 12.4 Å². The summed E-state index contributed by atoms with van der Waals surface area (Å²) in [6.07, 6.45) is 1.76. The number of hydrogen-bond acceptors (Lipinski definition) is 3. The summed E-state index contributed by atoms with van der Waals surface area (Å²) in [6.45, 7) is 4.33. The number of halogens is 3. The number of piperidine rings is 1. The summed E-state index contributed by atoms with van der Waals surface area (Å²) in [5.74, 6) is -1.73. The van der Waals surface area contributed by atoms with Crippen LogP contribution in [-0.2, 0) is 4.79 Å². The lowest BCUT2D eigenvalue weighted by molar-refractivity contribution is -0.126. The molecule has 0 saturated carbocycles. The predicted octanol–water partition coefficient (Wildman–Crippen LogP) is 2.23. The third-order valence-electron chi connectivity index (χ3n) is 4.24. The monoisotopic (exact) mass is 347 g/mol. The van der Waals surface area contributed by atoms with Crippen molar-refractivity contribution in [2.45, 2.75) is 25.8 Å². The molecule has 1 heterocycles. The lowest BCUT2D eigenvalue weighted by Crippen LogP contribution is -2.44. The Morgan fingerprint density at radius 3 is 2.83 bits per heavy atom. The first-order chi connectivity index (χ1) is 10.5. The van der Waals surface area contributed by atoms with Gasteiger partial charge < -0.3 is 11.1 Å². The Kier molecular flexibility index (Phi) is 7.88. The number of amides is 1. The summed E-state index contributed by atoms with van der Waals surface area (Å²) in [6, 6.07) is 3.93. The van der Waals surface area contributed by atoms with Crippen molar-refractivity contribution < 1.29 is 13.6 Å². The molecule has 1 aliphatic heterocycles. The molecule has 0 aliphatic carbocycles. The molecule has 2 unspecified atom stereocenters. The molecular formula is C16H24ClF2N3O. The summed E-state index contributed by atoms with van der Waals surface area (Å²) >= 11 is 0. The first-order valence-electron chi connectivity index (χ1n) is 7.69. The number of benzene rings is 1. The summed E-state index contributed by atoms with van der Waals surface area (Å²) < 4.78 is 26.4. The molecule has 3 N–H and O–H groups in total. The van der Waals surface area contributed by atoms with Crippen molar-refractivity contribution in [1.29, 1.82) is 0 Å². The fourth-order valence-electron chi connectivity index (χ4n) is 2.89. The van der Waals surface area contributed by atoms with E-state index in [2.05, 4.69) is 10.2 Å². The molecule has 2 atom stereocenters. The highest BCUT2D eigenvalue weighted by atomic mass is 35.5. The maximum Gasteiger partial charge on any atom is 0.224 e. The fraction of sp³-hybridized carbons (Fsp3) is 0.562. The van der Waals surface area contributed by atoms with E-state index < -0.39 is 11.6 Å². The highest BCUT2D eigenvalue weighted by Crippen LogP contribution is 2.27. The van der Waals surface area contributed by atoms with Gasteiger partial charge in [-0.05, 0) is 44.0 Å². The summed E-state index contributed by atoms with van der Waals surface area (Å²) in [5.41, 5.74) is 6.12. The first kappa shape index (κ1) is 19.8. The molecule has 23 heavy (non-hydrogen) atoms. The SMILES string of the molecule is CC(c1ccc(F)c(F)c1)N1CCCC(C(=O)NCCN)C1.Cl. The molecule has 7 heteroatoms. The molecule has 1 aliphatic rings. The van der Waals surface area contributed by atoms with Crippen LogP contribution < -0.4 is 11.1 Å². The van der Waals surface area contributed by atoms with E-state index in [-0.39, 0.29) is 30.3 Å². The van der Waals surface area contributed by atoms with Crippen LogP contribution in [0.1, 0.15) is 31.4 Å². The van der Waals surface area contributed by atoms with Crippen LogP contribution >= 0.6 is 12.4 Å². The van der Waals surface area contributed by atoms with Crippen LogP contribution in [0.5, 0.6) is 0 Å². The Hall–Kier alpha value is -1.24. The molecule has 1 saturated heterocycles.